The van der Waals surface area contributed by atoms with Gasteiger partial charge in [0.05, 0.1) is 0 Å². The molecule has 1 aromatic rings. The Morgan fingerprint density at radius 2 is 1.75 bits per heavy atom. The van der Waals surface area contributed by atoms with E-state index >= 15 is 0 Å². The topological polar surface area (TPSA) is 29.3 Å². The average molecular weight is 220 g/mol. The number of anilines is 1. The molecule has 0 aliphatic heterocycles. The van der Waals surface area contributed by atoms with E-state index in [0.717, 1.165) is 25.9 Å². The number of nitrogens with two attached hydrogens (primary N) is 1. The predicted molar refractivity (Wildman–Crippen MR) is 72.0 cm³/mol. The molecule has 0 saturated carbocycles. The molecule has 1 unspecified atom stereocenters. The zero-order valence-corrected chi connectivity index (χ0v) is 10.7. The van der Waals surface area contributed by atoms with Gasteiger partial charge in [-0.05, 0) is 38.3 Å². The van der Waals surface area contributed by atoms with Crippen molar-refractivity contribution in [3.63, 3.8) is 0 Å². The van der Waals surface area contributed by atoms with Crippen LogP contribution in [0.5, 0.6) is 0 Å². The molecule has 1 aromatic carbocycles. The summed E-state index contributed by atoms with van der Waals surface area (Å²) in [5.41, 5.74) is 8.76. The maximum absolute atomic E-state index is 6.04. The first-order valence-corrected chi connectivity index (χ1v) is 6.31. The summed E-state index contributed by atoms with van der Waals surface area (Å²) in [5, 5.41) is 0. The summed E-state index contributed by atoms with van der Waals surface area (Å²) >= 11 is 0. The molecule has 2 nitrogen and oxygen atoms in total. The van der Waals surface area contributed by atoms with Crippen molar-refractivity contribution in [2.24, 2.45) is 5.73 Å². The molecule has 0 amide bonds. The van der Waals surface area contributed by atoms with Gasteiger partial charge in [0.15, 0.2) is 0 Å². The summed E-state index contributed by atoms with van der Waals surface area (Å²) in [6, 6.07) is 8.88. The third-order valence-electron chi connectivity index (χ3n) is 3.10. The maximum Gasteiger partial charge on any atom is 0.0399 e. The van der Waals surface area contributed by atoms with Crippen molar-refractivity contribution in [2.75, 3.05) is 18.0 Å². The number of benzene rings is 1. The molecule has 0 spiro atoms. The first-order valence-electron chi connectivity index (χ1n) is 6.31. The van der Waals surface area contributed by atoms with E-state index in [2.05, 4.69) is 49.9 Å². The second kappa shape index (κ2) is 6.54. The van der Waals surface area contributed by atoms with Gasteiger partial charge < -0.3 is 10.6 Å². The van der Waals surface area contributed by atoms with Crippen LogP contribution in [-0.4, -0.2) is 19.1 Å². The highest BCUT2D eigenvalue weighted by molar-refractivity contribution is 5.53. The molecule has 0 fully saturated rings. The lowest BCUT2D eigenvalue weighted by Gasteiger charge is -2.25. The molecule has 2 N–H and O–H groups in total. The van der Waals surface area contributed by atoms with E-state index in [1.807, 2.05) is 0 Å². The average Bonchev–Trinajstić information content (AvgIpc) is 2.32. The van der Waals surface area contributed by atoms with Gasteiger partial charge in [0.2, 0.25) is 0 Å². The minimum Gasteiger partial charge on any atom is -0.372 e. The van der Waals surface area contributed by atoms with Gasteiger partial charge >= 0.3 is 0 Å². The first kappa shape index (κ1) is 13.0. The van der Waals surface area contributed by atoms with Gasteiger partial charge in [-0.15, -0.1) is 0 Å². The molecule has 16 heavy (non-hydrogen) atoms. The molecule has 0 saturated heterocycles. The van der Waals surface area contributed by atoms with Crippen LogP contribution in [0.2, 0.25) is 0 Å². The summed E-state index contributed by atoms with van der Waals surface area (Å²) in [6.07, 6.45) is 2.01. The van der Waals surface area contributed by atoms with E-state index < -0.39 is 0 Å². The Morgan fingerprint density at radius 3 is 2.31 bits per heavy atom. The zero-order valence-electron chi connectivity index (χ0n) is 10.7. The van der Waals surface area contributed by atoms with E-state index in [4.69, 9.17) is 5.73 Å². The number of rotatable bonds is 6. The minimum atomic E-state index is 0.275. The molecule has 0 aliphatic rings. The van der Waals surface area contributed by atoms with Gasteiger partial charge in [-0.1, -0.05) is 25.1 Å². The van der Waals surface area contributed by atoms with Crippen LogP contribution in [0.1, 0.15) is 32.8 Å². The molecule has 2 heteroatoms. The van der Waals surface area contributed by atoms with Crippen molar-refractivity contribution < 1.29 is 0 Å². The second-order valence-electron chi connectivity index (χ2n) is 4.17. The summed E-state index contributed by atoms with van der Waals surface area (Å²) in [6.45, 7) is 8.63. The van der Waals surface area contributed by atoms with Crippen molar-refractivity contribution in [3.8, 4) is 0 Å². The quantitative estimate of drug-likeness (QED) is 0.798. The van der Waals surface area contributed by atoms with E-state index in [-0.39, 0.29) is 6.04 Å². The molecular formula is C14H24N2. The fraction of sp³-hybridized carbons (Fsp3) is 0.571. The molecule has 90 valence electrons. The fourth-order valence-corrected chi connectivity index (χ4v) is 1.98. The van der Waals surface area contributed by atoms with Crippen molar-refractivity contribution in [1.29, 1.82) is 0 Å². The zero-order chi connectivity index (χ0) is 12.0. The largest absolute Gasteiger partial charge is 0.372 e. The monoisotopic (exact) mass is 220 g/mol. The van der Waals surface area contributed by atoms with E-state index in [9.17, 15) is 0 Å². The Balaban J connectivity index is 2.90. The SMILES string of the molecule is CCC(N)Cc1ccccc1N(CC)CC. The Morgan fingerprint density at radius 1 is 1.12 bits per heavy atom. The normalized spacial score (nSPS) is 12.5. The lowest BCUT2D eigenvalue weighted by molar-refractivity contribution is 0.644. The summed E-state index contributed by atoms with van der Waals surface area (Å²) in [5.74, 6) is 0. The minimum absolute atomic E-state index is 0.275. The van der Waals surface area contributed by atoms with Gasteiger partial charge in [0.25, 0.3) is 0 Å². The Kier molecular flexibility index (Phi) is 5.33. The highest BCUT2D eigenvalue weighted by Gasteiger charge is 2.09. The van der Waals surface area contributed by atoms with Crippen LogP contribution in [-0.2, 0) is 6.42 Å². The van der Waals surface area contributed by atoms with Crippen LogP contribution in [0, 0.1) is 0 Å². The fourth-order valence-electron chi connectivity index (χ4n) is 1.98. The molecule has 1 rings (SSSR count). The second-order valence-corrected chi connectivity index (χ2v) is 4.17. The third kappa shape index (κ3) is 3.24. The molecule has 1 atom stereocenters. The van der Waals surface area contributed by atoms with Crippen LogP contribution >= 0.6 is 0 Å². The third-order valence-corrected chi connectivity index (χ3v) is 3.10. The maximum atomic E-state index is 6.04. The van der Waals surface area contributed by atoms with E-state index in [0.29, 0.717) is 0 Å². The van der Waals surface area contributed by atoms with Crippen molar-refractivity contribution in [2.45, 2.75) is 39.7 Å². The van der Waals surface area contributed by atoms with Crippen LogP contribution in [0.25, 0.3) is 0 Å². The first-order chi connectivity index (χ1) is 7.72. The van der Waals surface area contributed by atoms with Crippen molar-refractivity contribution >= 4 is 5.69 Å². The molecule has 0 bridgehead atoms. The molecular weight excluding hydrogens is 196 g/mol. The predicted octanol–water partition coefficient (Wildman–Crippen LogP) is 2.81. The van der Waals surface area contributed by atoms with Crippen LogP contribution < -0.4 is 10.6 Å². The number of para-hydroxylation sites is 1. The molecule has 0 heterocycles. The van der Waals surface area contributed by atoms with E-state index in [1.165, 1.54) is 11.3 Å². The highest BCUT2D eigenvalue weighted by Crippen LogP contribution is 2.21. The standard InChI is InChI=1S/C14H24N2/c1-4-13(15)11-12-9-7-8-10-14(12)16(5-2)6-3/h7-10,13H,4-6,11,15H2,1-3H3. The van der Waals surface area contributed by atoms with Crippen molar-refractivity contribution in [1.82, 2.24) is 0 Å². The molecule has 0 radical (unpaired) electrons. The number of nitrogens with zero attached hydrogens (tertiary/aromatic N) is 1. The molecule has 0 aromatic heterocycles. The Labute approximate surface area is 99.5 Å². The lowest BCUT2D eigenvalue weighted by Crippen LogP contribution is -2.26. The summed E-state index contributed by atoms with van der Waals surface area (Å²) < 4.78 is 0. The van der Waals surface area contributed by atoms with Gasteiger partial charge in [-0.25, -0.2) is 0 Å². The number of hydrogen-bond donors (Lipinski definition) is 1. The highest BCUT2D eigenvalue weighted by atomic mass is 15.1. The summed E-state index contributed by atoms with van der Waals surface area (Å²) in [7, 11) is 0. The van der Waals surface area contributed by atoms with Crippen LogP contribution in [0.3, 0.4) is 0 Å². The van der Waals surface area contributed by atoms with Gasteiger partial charge in [0.1, 0.15) is 0 Å². The number of hydrogen-bond acceptors (Lipinski definition) is 2. The smallest absolute Gasteiger partial charge is 0.0399 e. The van der Waals surface area contributed by atoms with Crippen molar-refractivity contribution in [3.05, 3.63) is 29.8 Å². The van der Waals surface area contributed by atoms with Gasteiger partial charge in [-0.2, -0.15) is 0 Å². The van der Waals surface area contributed by atoms with Crippen LogP contribution in [0.4, 0.5) is 5.69 Å². The van der Waals surface area contributed by atoms with Crippen LogP contribution in [0.15, 0.2) is 24.3 Å². The summed E-state index contributed by atoms with van der Waals surface area (Å²) in [4.78, 5) is 2.39. The Hall–Kier alpha value is -1.02. The van der Waals surface area contributed by atoms with Gasteiger partial charge in [0, 0.05) is 24.8 Å². The lowest BCUT2D eigenvalue weighted by atomic mass is 10.0. The Bertz CT molecular complexity index is 305. The van der Waals surface area contributed by atoms with E-state index in [1.54, 1.807) is 0 Å². The molecule has 0 aliphatic carbocycles. The van der Waals surface area contributed by atoms with Gasteiger partial charge in [-0.3, -0.25) is 0 Å².